The van der Waals surface area contributed by atoms with Crippen LogP contribution in [0.3, 0.4) is 0 Å². The number of nitrogens with one attached hydrogen (secondary N) is 1. The van der Waals surface area contributed by atoms with E-state index >= 15 is 0 Å². The van der Waals surface area contributed by atoms with Gasteiger partial charge < -0.3 is 0 Å². The number of rotatable bonds is 3. The minimum Gasteiger partial charge on any atom is -0.299 e. The lowest BCUT2D eigenvalue weighted by molar-refractivity contribution is -0.104. The fourth-order valence-corrected chi connectivity index (χ4v) is 2.29. The third kappa shape index (κ3) is 3.10. The quantitative estimate of drug-likeness (QED) is 0.366. The van der Waals surface area contributed by atoms with Crippen LogP contribution < -0.4 is 4.72 Å². The molecule has 0 aromatic heterocycles. The molecule has 70 valence electrons. The van der Waals surface area contributed by atoms with Crippen molar-refractivity contribution in [2.45, 2.75) is 13.0 Å². The Hall–Kier alpha value is -0.390. The first-order valence-electron chi connectivity index (χ1n) is 3.69. The van der Waals surface area contributed by atoms with Gasteiger partial charge in [0.05, 0.1) is 18.2 Å². The van der Waals surface area contributed by atoms with Crippen LogP contribution in [0.2, 0.25) is 0 Å². The number of hydrogen-bond acceptors (Lipinski definition) is 4. The molecular formula is C8H9BrN2OS. The maximum absolute atomic E-state index is 10.00. The van der Waals surface area contributed by atoms with E-state index in [1.165, 1.54) is 18.2 Å². The summed E-state index contributed by atoms with van der Waals surface area (Å²) in [7, 11) is 0. The van der Waals surface area contributed by atoms with Crippen molar-refractivity contribution in [3.05, 3.63) is 22.7 Å². The van der Waals surface area contributed by atoms with Crippen molar-refractivity contribution in [1.82, 2.24) is 4.72 Å². The van der Waals surface area contributed by atoms with Crippen LogP contribution in [-0.4, -0.2) is 18.0 Å². The largest absolute Gasteiger partial charge is 0.299 e. The Kier molecular flexibility index (Phi) is 4.41. The molecule has 0 aliphatic carbocycles. The molecule has 5 heteroatoms. The number of aldehydes is 1. The van der Waals surface area contributed by atoms with E-state index in [0.717, 1.165) is 16.5 Å². The van der Waals surface area contributed by atoms with E-state index in [1.54, 1.807) is 6.08 Å². The second-order valence-electron chi connectivity index (χ2n) is 2.45. The Morgan fingerprint density at radius 1 is 1.69 bits per heavy atom. The number of halogens is 1. The Labute approximate surface area is 89.8 Å². The molecule has 1 atom stereocenters. The van der Waals surface area contributed by atoms with E-state index < -0.39 is 0 Å². The minimum atomic E-state index is 0.126. The summed E-state index contributed by atoms with van der Waals surface area (Å²) in [6, 6.07) is 0.126. The summed E-state index contributed by atoms with van der Waals surface area (Å²) < 4.78 is 8.20. The van der Waals surface area contributed by atoms with Gasteiger partial charge in [-0.2, -0.15) is 0 Å². The van der Waals surface area contributed by atoms with E-state index in [1.807, 2.05) is 13.0 Å². The zero-order valence-corrected chi connectivity index (χ0v) is 9.43. The molecule has 0 spiro atoms. The molecule has 0 saturated carbocycles. The molecule has 13 heavy (non-hydrogen) atoms. The summed E-state index contributed by atoms with van der Waals surface area (Å²) in [5.41, 5.74) is 1.02. The van der Waals surface area contributed by atoms with Gasteiger partial charge in [0.25, 0.3) is 0 Å². The average molecular weight is 261 g/mol. The summed E-state index contributed by atoms with van der Waals surface area (Å²) in [4.78, 5) is 10.00. The van der Waals surface area contributed by atoms with Gasteiger partial charge in [-0.15, -0.1) is 0 Å². The van der Waals surface area contributed by atoms with E-state index in [9.17, 15) is 4.79 Å². The average Bonchev–Trinajstić information content (AvgIpc) is 2.52. The van der Waals surface area contributed by atoms with Crippen molar-refractivity contribution in [2.75, 3.05) is 0 Å². The molecule has 0 aromatic rings. The lowest BCUT2D eigenvalue weighted by Crippen LogP contribution is -2.25. The van der Waals surface area contributed by atoms with Gasteiger partial charge in [0.2, 0.25) is 0 Å². The van der Waals surface area contributed by atoms with Crippen molar-refractivity contribution in [3.8, 4) is 0 Å². The highest BCUT2D eigenvalue weighted by Gasteiger charge is 2.19. The highest BCUT2D eigenvalue weighted by atomic mass is 79.9. The minimum absolute atomic E-state index is 0.126. The van der Waals surface area contributed by atoms with Gasteiger partial charge in [-0.25, -0.2) is 9.12 Å². The van der Waals surface area contributed by atoms with Gasteiger partial charge in [-0.1, -0.05) is 22.0 Å². The topological polar surface area (TPSA) is 41.5 Å². The van der Waals surface area contributed by atoms with Crippen LogP contribution in [-0.2, 0) is 4.79 Å². The standard InChI is InChI=1S/C8H9BrN2OS/c1-6-8(11-13-10-6)7(9)4-2-3-5-12/h2-5,8,11H,1H3/b3-2+,7-4+. The molecule has 0 saturated heterocycles. The summed E-state index contributed by atoms with van der Waals surface area (Å²) in [6.07, 6.45) is 5.70. The van der Waals surface area contributed by atoms with Crippen LogP contribution in [0.5, 0.6) is 0 Å². The number of hydrogen-bond donors (Lipinski definition) is 1. The Balaban J connectivity index is 2.61. The normalized spacial score (nSPS) is 23.7. The third-order valence-electron chi connectivity index (χ3n) is 1.50. The van der Waals surface area contributed by atoms with E-state index in [-0.39, 0.29) is 6.04 Å². The Morgan fingerprint density at radius 3 is 3.00 bits per heavy atom. The van der Waals surface area contributed by atoms with Gasteiger partial charge in [0.1, 0.15) is 6.29 Å². The van der Waals surface area contributed by atoms with Crippen LogP contribution >= 0.6 is 28.1 Å². The summed E-state index contributed by atoms with van der Waals surface area (Å²) in [5, 5.41) is 0. The fourth-order valence-electron chi connectivity index (χ4n) is 0.834. The first kappa shape index (κ1) is 10.7. The molecular weight excluding hydrogens is 252 g/mol. The lowest BCUT2D eigenvalue weighted by atomic mass is 10.2. The van der Waals surface area contributed by atoms with E-state index in [2.05, 4.69) is 25.0 Å². The molecule has 0 fully saturated rings. The fraction of sp³-hybridized carbons (Fsp3) is 0.250. The molecule has 1 rings (SSSR count). The van der Waals surface area contributed by atoms with Gasteiger partial charge in [0.15, 0.2) is 0 Å². The Bertz CT molecular complexity index is 286. The molecule has 0 amide bonds. The first-order chi connectivity index (χ1) is 6.25. The van der Waals surface area contributed by atoms with Crippen LogP contribution in [0.1, 0.15) is 6.92 Å². The number of carbonyl (C=O) groups excluding carboxylic acids is 1. The molecule has 1 unspecified atom stereocenters. The third-order valence-corrected chi connectivity index (χ3v) is 2.94. The molecule has 0 aromatic carbocycles. The predicted octanol–water partition coefficient (Wildman–Crippen LogP) is 2.02. The lowest BCUT2D eigenvalue weighted by Gasteiger charge is -2.07. The summed E-state index contributed by atoms with van der Waals surface area (Å²) in [5.74, 6) is 0. The smallest absolute Gasteiger partial charge is 0.142 e. The van der Waals surface area contributed by atoms with E-state index in [0.29, 0.717) is 0 Å². The molecule has 1 N–H and O–H groups in total. The highest BCUT2D eigenvalue weighted by molar-refractivity contribution is 9.11. The molecule has 1 aliphatic rings. The maximum atomic E-state index is 10.00. The SMILES string of the molecule is CC1=NSNC1/C(Br)=C\C=C\C=O. The van der Waals surface area contributed by atoms with Crippen molar-refractivity contribution < 1.29 is 4.79 Å². The van der Waals surface area contributed by atoms with Crippen LogP contribution in [0.25, 0.3) is 0 Å². The summed E-state index contributed by atoms with van der Waals surface area (Å²) in [6.45, 7) is 1.95. The van der Waals surface area contributed by atoms with Crippen LogP contribution in [0, 0.1) is 0 Å². The van der Waals surface area contributed by atoms with Gasteiger partial charge >= 0.3 is 0 Å². The number of nitrogens with zero attached hydrogens (tertiary/aromatic N) is 1. The molecule has 1 heterocycles. The molecule has 3 nitrogen and oxygen atoms in total. The van der Waals surface area contributed by atoms with Gasteiger partial charge in [-0.05, 0) is 19.1 Å². The Morgan fingerprint density at radius 2 is 2.46 bits per heavy atom. The van der Waals surface area contributed by atoms with E-state index in [4.69, 9.17) is 0 Å². The van der Waals surface area contributed by atoms with Gasteiger partial charge in [-0.3, -0.25) is 4.79 Å². The first-order valence-corrected chi connectivity index (χ1v) is 5.26. The molecule has 0 radical (unpaired) electrons. The summed E-state index contributed by atoms with van der Waals surface area (Å²) >= 11 is 4.74. The zero-order valence-electron chi connectivity index (χ0n) is 7.03. The predicted molar refractivity (Wildman–Crippen MR) is 59.8 cm³/mol. The monoisotopic (exact) mass is 260 g/mol. The van der Waals surface area contributed by atoms with Crippen LogP contribution in [0.4, 0.5) is 0 Å². The molecule has 0 bridgehead atoms. The number of allylic oxidation sites excluding steroid dienone is 3. The zero-order chi connectivity index (χ0) is 9.68. The second-order valence-corrected chi connectivity index (χ2v) is 3.96. The number of carbonyl (C=O) groups is 1. The highest BCUT2D eigenvalue weighted by Crippen LogP contribution is 2.21. The van der Waals surface area contributed by atoms with Gasteiger partial charge in [0, 0.05) is 10.2 Å². The van der Waals surface area contributed by atoms with Crippen molar-refractivity contribution in [1.29, 1.82) is 0 Å². The van der Waals surface area contributed by atoms with Crippen molar-refractivity contribution >= 4 is 40.1 Å². The van der Waals surface area contributed by atoms with Crippen molar-refractivity contribution in [3.63, 3.8) is 0 Å². The maximum Gasteiger partial charge on any atom is 0.142 e. The van der Waals surface area contributed by atoms with Crippen LogP contribution in [0.15, 0.2) is 27.1 Å². The van der Waals surface area contributed by atoms with Crippen molar-refractivity contribution in [2.24, 2.45) is 4.40 Å². The second kappa shape index (κ2) is 5.36. The molecule has 1 aliphatic heterocycles.